The highest BCUT2D eigenvalue weighted by Crippen LogP contribution is 2.05. The Morgan fingerprint density at radius 1 is 1.33 bits per heavy atom. The largest absolute Gasteiger partial charge is 0.374 e. The lowest BCUT2D eigenvalue weighted by atomic mass is 10.1. The molecule has 0 spiro atoms. The van der Waals surface area contributed by atoms with Crippen LogP contribution in [0.4, 0.5) is 4.79 Å². The average molecular weight is 271 g/mol. The fourth-order valence-corrected chi connectivity index (χ4v) is 1.67. The van der Waals surface area contributed by atoms with Gasteiger partial charge < -0.3 is 15.7 Å². The standard InChI is InChI=1S/C13H19ClN2O2/c14-9-10-15-13(18)16-12(17)8-4-7-11-5-2-1-3-6-11/h1-3,5-6,12,17H,4,7-10H2,(H2,15,16,18). The predicted octanol–water partition coefficient (Wildman–Crippen LogP) is 1.87. The third kappa shape index (κ3) is 6.47. The third-order valence-corrected chi connectivity index (χ3v) is 2.65. The molecule has 0 aliphatic heterocycles. The highest BCUT2D eigenvalue weighted by atomic mass is 35.5. The molecule has 4 nitrogen and oxygen atoms in total. The molecule has 0 aliphatic rings. The molecule has 0 aliphatic carbocycles. The summed E-state index contributed by atoms with van der Waals surface area (Å²) in [6.07, 6.45) is 1.43. The molecule has 1 rings (SSSR count). The summed E-state index contributed by atoms with van der Waals surface area (Å²) in [7, 11) is 0. The zero-order valence-electron chi connectivity index (χ0n) is 10.2. The number of rotatable bonds is 7. The van der Waals surface area contributed by atoms with Crippen LogP contribution < -0.4 is 10.6 Å². The van der Waals surface area contributed by atoms with Crippen LogP contribution in [0.3, 0.4) is 0 Å². The molecule has 1 unspecified atom stereocenters. The molecular weight excluding hydrogens is 252 g/mol. The van der Waals surface area contributed by atoms with E-state index in [9.17, 15) is 9.90 Å². The summed E-state index contributed by atoms with van der Waals surface area (Å²) >= 11 is 5.43. The Kier molecular flexibility index (Phi) is 7.22. The topological polar surface area (TPSA) is 61.4 Å². The van der Waals surface area contributed by atoms with Crippen LogP contribution in [0, 0.1) is 0 Å². The maximum absolute atomic E-state index is 11.2. The summed E-state index contributed by atoms with van der Waals surface area (Å²) < 4.78 is 0. The van der Waals surface area contributed by atoms with Crippen LogP contribution in [0.25, 0.3) is 0 Å². The Bertz CT molecular complexity index is 346. The molecule has 5 heteroatoms. The number of alkyl halides is 1. The van der Waals surface area contributed by atoms with Gasteiger partial charge >= 0.3 is 6.03 Å². The van der Waals surface area contributed by atoms with Crippen molar-refractivity contribution in [2.75, 3.05) is 12.4 Å². The molecule has 0 heterocycles. The van der Waals surface area contributed by atoms with Crippen molar-refractivity contribution in [3.63, 3.8) is 0 Å². The summed E-state index contributed by atoms with van der Waals surface area (Å²) in [5.74, 6) is 0.359. The van der Waals surface area contributed by atoms with E-state index >= 15 is 0 Å². The van der Waals surface area contributed by atoms with Crippen LogP contribution in [-0.4, -0.2) is 29.8 Å². The Morgan fingerprint density at radius 2 is 2.06 bits per heavy atom. The average Bonchev–Trinajstić information content (AvgIpc) is 2.37. The van der Waals surface area contributed by atoms with Crippen LogP contribution in [0.2, 0.25) is 0 Å². The molecular formula is C13H19ClN2O2. The second-order valence-electron chi connectivity index (χ2n) is 3.98. The van der Waals surface area contributed by atoms with Gasteiger partial charge in [0, 0.05) is 12.4 Å². The minimum atomic E-state index is -0.816. The molecule has 0 saturated carbocycles. The Balaban J connectivity index is 2.13. The number of hydrogen-bond donors (Lipinski definition) is 3. The third-order valence-electron chi connectivity index (χ3n) is 2.46. The number of halogens is 1. The van der Waals surface area contributed by atoms with E-state index in [1.54, 1.807) is 0 Å². The van der Waals surface area contributed by atoms with Crippen molar-refractivity contribution in [2.24, 2.45) is 0 Å². The van der Waals surface area contributed by atoms with Gasteiger partial charge in [-0.3, -0.25) is 0 Å². The highest BCUT2D eigenvalue weighted by molar-refractivity contribution is 6.18. The number of aryl methyl sites for hydroxylation is 1. The summed E-state index contributed by atoms with van der Waals surface area (Å²) in [6, 6.07) is 9.66. The molecule has 1 atom stereocenters. The first-order valence-electron chi connectivity index (χ1n) is 6.04. The number of benzene rings is 1. The maximum atomic E-state index is 11.2. The fraction of sp³-hybridized carbons (Fsp3) is 0.462. The summed E-state index contributed by atoms with van der Waals surface area (Å²) in [5, 5.41) is 14.6. The predicted molar refractivity (Wildman–Crippen MR) is 72.6 cm³/mol. The second kappa shape index (κ2) is 8.78. The van der Waals surface area contributed by atoms with Crippen LogP contribution in [0.5, 0.6) is 0 Å². The normalized spacial score (nSPS) is 11.9. The second-order valence-corrected chi connectivity index (χ2v) is 4.36. The van der Waals surface area contributed by atoms with E-state index in [2.05, 4.69) is 10.6 Å². The van der Waals surface area contributed by atoms with E-state index in [0.29, 0.717) is 18.8 Å². The molecule has 0 fully saturated rings. The Hall–Kier alpha value is -1.26. The van der Waals surface area contributed by atoms with Crippen molar-refractivity contribution in [3.8, 4) is 0 Å². The van der Waals surface area contributed by atoms with Gasteiger partial charge in [0.25, 0.3) is 0 Å². The van der Waals surface area contributed by atoms with Gasteiger partial charge in [-0.15, -0.1) is 11.6 Å². The minimum absolute atomic E-state index is 0.359. The first-order chi connectivity index (χ1) is 8.72. The van der Waals surface area contributed by atoms with Crippen molar-refractivity contribution >= 4 is 17.6 Å². The molecule has 0 aromatic heterocycles. The quantitative estimate of drug-likeness (QED) is 0.523. The molecule has 100 valence electrons. The van der Waals surface area contributed by atoms with E-state index in [0.717, 1.165) is 12.8 Å². The zero-order valence-corrected chi connectivity index (χ0v) is 11.0. The summed E-state index contributed by atoms with van der Waals surface area (Å²) in [6.45, 7) is 0.393. The van der Waals surface area contributed by atoms with Crippen molar-refractivity contribution in [1.29, 1.82) is 0 Å². The highest BCUT2D eigenvalue weighted by Gasteiger charge is 2.07. The Labute approximate surface area is 112 Å². The van der Waals surface area contributed by atoms with Crippen LogP contribution >= 0.6 is 11.6 Å². The molecule has 0 bridgehead atoms. The maximum Gasteiger partial charge on any atom is 0.316 e. The number of carbonyl (C=O) groups is 1. The number of carbonyl (C=O) groups excluding carboxylic acids is 1. The van der Waals surface area contributed by atoms with Gasteiger partial charge in [-0.25, -0.2) is 4.79 Å². The SMILES string of the molecule is O=C(NCCCl)NC(O)CCCc1ccccc1. The zero-order chi connectivity index (χ0) is 13.2. The molecule has 1 aromatic carbocycles. The van der Waals surface area contributed by atoms with E-state index in [1.807, 2.05) is 30.3 Å². The van der Waals surface area contributed by atoms with Crippen molar-refractivity contribution in [1.82, 2.24) is 10.6 Å². The molecule has 0 radical (unpaired) electrons. The number of nitrogens with one attached hydrogen (secondary N) is 2. The number of aliphatic hydroxyl groups is 1. The summed E-state index contributed by atoms with van der Waals surface area (Å²) in [4.78, 5) is 11.2. The molecule has 18 heavy (non-hydrogen) atoms. The van der Waals surface area contributed by atoms with Gasteiger partial charge in [0.2, 0.25) is 0 Å². The molecule has 2 amide bonds. The first-order valence-corrected chi connectivity index (χ1v) is 6.58. The van der Waals surface area contributed by atoms with E-state index < -0.39 is 6.23 Å². The van der Waals surface area contributed by atoms with Gasteiger partial charge in [-0.1, -0.05) is 30.3 Å². The minimum Gasteiger partial charge on any atom is -0.374 e. The lowest BCUT2D eigenvalue weighted by molar-refractivity contribution is 0.130. The van der Waals surface area contributed by atoms with Crippen molar-refractivity contribution in [3.05, 3.63) is 35.9 Å². The number of aliphatic hydroxyl groups excluding tert-OH is 1. The van der Waals surface area contributed by atoms with Crippen LogP contribution in [0.1, 0.15) is 18.4 Å². The summed E-state index contributed by atoms with van der Waals surface area (Å²) in [5.41, 5.74) is 1.23. The number of hydrogen-bond acceptors (Lipinski definition) is 2. The molecule has 0 saturated heterocycles. The van der Waals surface area contributed by atoms with Gasteiger partial charge in [-0.05, 0) is 24.8 Å². The van der Waals surface area contributed by atoms with E-state index in [1.165, 1.54) is 5.56 Å². The van der Waals surface area contributed by atoms with Gasteiger partial charge in [0.05, 0.1) is 0 Å². The lowest BCUT2D eigenvalue weighted by Gasteiger charge is -2.13. The van der Waals surface area contributed by atoms with Gasteiger partial charge in [-0.2, -0.15) is 0 Å². The van der Waals surface area contributed by atoms with Crippen LogP contribution in [-0.2, 0) is 6.42 Å². The van der Waals surface area contributed by atoms with Gasteiger partial charge in [0.1, 0.15) is 6.23 Å². The van der Waals surface area contributed by atoms with Crippen molar-refractivity contribution < 1.29 is 9.90 Å². The number of urea groups is 1. The molecule has 3 N–H and O–H groups in total. The van der Waals surface area contributed by atoms with Crippen molar-refractivity contribution in [2.45, 2.75) is 25.5 Å². The van der Waals surface area contributed by atoms with Crippen LogP contribution in [0.15, 0.2) is 30.3 Å². The molecule has 1 aromatic rings. The van der Waals surface area contributed by atoms with E-state index in [-0.39, 0.29) is 6.03 Å². The fourth-order valence-electron chi connectivity index (χ4n) is 1.58. The number of amides is 2. The van der Waals surface area contributed by atoms with Gasteiger partial charge in [0.15, 0.2) is 0 Å². The Morgan fingerprint density at radius 3 is 2.72 bits per heavy atom. The monoisotopic (exact) mass is 270 g/mol. The lowest BCUT2D eigenvalue weighted by Crippen LogP contribution is -2.42. The first kappa shape index (κ1) is 14.8. The van der Waals surface area contributed by atoms with E-state index in [4.69, 9.17) is 11.6 Å². The smallest absolute Gasteiger partial charge is 0.316 e.